The number of allylic oxidation sites excluding steroid dienone is 2. The van der Waals surface area contributed by atoms with Crippen molar-refractivity contribution in [1.82, 2.24) is 0 Å². The van der Waals surface area contributed by atoms with E-state index in [0.29, 0.717) is 19.3 Å². The second-order valence-electron chi connectivity index (χ2n) is 15.3. The van der Waals surface area contributed by atoms with Crippen molar-refractivity contribution in [1.29, 1.82) is 0 Å². The van der Waals surface area contributed by atoms with Crippen molar-refractivity contribution in [2.24, 2.45) is 0 Å². The molecular weight excluding hydrogens is 648 g/mol. The van der Waals surface area contributed by atoms with E-state index >= 15 is 0 Å². The van der Waals surface area contributed by atoms with Gasteiger partial charge in [-0.05, 0) is 44.9 Å². The van der Waals surface area contributed by atoms with E-state index in [9.17, 15) is 14.4 Å². The highest BCUT2D eigenvalue weighted by atomic mass is 16.6. The Bertz CT molecular complexity index is 809. The molecule has 0 unspecified atom stereocenters. The fourth-order valence-electron chi connectivity index (χ4n) is 6.55. The van der Waals surface area contributed by atoms with Crippen molar-refractivity contribution < 1.29 is 28.6 Å². The summed E-state index contributed by atoms with van der Waals surface area (Å²) in [4.78, 5) is 37.6. The van der Waals surface area contributed by atoms with Gasteiger partial charge in [-0.1, -0.05) is 193 Å². The standard InChI is InChI=1S/C46H86O6/c1-4-7-10-13-16-19-20-21-22-23-24-25-28-30-33-36-39-45(48)51-42-43(52-46(49)40-37-34-31-27-18-15-12-9-6-3)41-50-44(47)38-35-32-29-26-17-14-11-8-5-2/h22-23,43H,4-21,24-42H2,1-3H3/b23-22-/t43-/m1/s1. The van der Waals surface area contributed by atoms with E-state index in [0.717, 1.165) is 64.2 Å². The molecule has 0 aliphatic rings. The topological polar surface area (TPSA) is 78.9 Å². The number of hydrogen-bond donors (Lipinski definition) is 0. The maximum atomic E-state index is 12.6. The number of rotatable bonds is 41. The average molecular weight is 735 g/mol. The van der Waals surface area contributed by atoms with E-state index in [-0.39, 0.29) is 31.1 Å². The third-order valence-corrected chi connectivity index (χ3v) is 10.0. The van der Waals surface area contributed by atoms with Crippen LogP contribution in [0.2, 0.25) is 0 Å². The lowest BCUT2D eigenvalue weighted by molar-refractivity contribution is -0.167. The minimum absolute atomic E-state index is 0.0689. The van der Waals surface area contributed by atoms with Crippen LogP contribution in [0.1, 0.15) is 245 Å². The lowest BCUT2D eigenvalue weighted by Gasteiger charge is -2.18. The quantitative estimate of drug-likeness (QED) is 0.0269. The number of unbranched alkanes of at least 4 members (excludes halogenated alkanes) is 28. The lowest BCUT2D eigenvalue weighted by atomic mass is 10.1. The highest BCUT2D eigenvalue weighted by molar-refractivity contribution is 5.71. The van der Waals surface area contributed by atoms with Gasteiger partial charge in [-0.3, -0.25) is 14.4 Å². The monoisotopic (exact) mass is 735 g/mol. The Labute approximate surface area is 322 Å². The van der Waals surface area contributed by atoms with Crippen LogP contribution in [0, 0.1) is 0 Å². The summed E-state index contributed by atoms with van der Waals surface area (Å²) >= 11 is 0. The lowest BCUT2D eigenvalue weighted by Crippen LogP contribution is -2.30. The Morgan fingerprint density at radius 1 is 0.365 bits per heavy atom. The van der Waals surface area contributed by atoms with Gasteiger partial charge in [-0.15, -0.1) is 0 Å². The van der Waals surface area contributed by atoms with Crippen molar-refractivity contribution in [2.75, 3.05) is 13.2 Å². The van der Waals surface area contributed by atoms with E-state index in [1.54, 1.807) is 0 Å². The Morgan fingerprint density at radius 3 is 0.962 bits per heavy atom. The predicted molar refractivity (Wildman–Crippen MR) is 220 cm³/mol. The molecule has 0 amide bonds. The van der Waals surface area contributed by atoms with Crippen LogP contribution >= 0.6 is 0 Å². The van der Waals surface area contributed by atoms with E-state index in [1.807, 2.05) is 0 Å². The van der Waals surface area contributed by atoms with Crippen molar-refractivity contribution >= 4 is 17.9 Å². The summed E-state index contributed by atoms with van der Waals surface area (Å²) in [7, 11) is 0. The summed E-state index contributed by atoms with van der Waals surface area (Å²) in [5, 5.41) is 0. The van der Waals surface area contributed by atoms with Crippen LogP contribution in [0.4, 0.5) is 0 Å². The maximum Gasteiger partial charge on any atom is 0.306 e. The molecule has 0 fully saturated rings. The van der Waals surface area contributed by atoms with Crippen LogP contribution in [0.15, 0.2) is 12.2 Å². The molecule has 306 valence electrons. The van der Waals surface area contributed by atoms with E-state index < -0.39 is 6.10 Å². The number of ether oxygens (including phenoxy) is 3. The van der Waals surface area contributed by atoms with Gasteiger partial charge in [0, 0.05) is 19.3 Å². The second kappa shape index (κ2) is 41.9. The SMILES string of the molecule is CCCCCCCCC/C=C\CCCCCCCC(=O)OC[C@@H](COC(=O)CCCCCCCCCCC)OC(=O)CCCCCCCCCCC. The predicted octanol–water partition coefficient (Wildman–Crippen LogP) is 14.3. The van der Waals surface area contributed by atoms with Gasteiger partial charge >= 0.3 is 17.9 Å². The largest absolute Gasteiger partial charge is 0.462 e. The molecule has 0 saturated heterocycles. The molecule has 0 saturated carbocycles. The third kappa shape index (κ3) is 39.4. The highest BCUT2D eigenvalue weighted by Crippen LogP contribution is 2.14. The molecule has 0 heterocycles. The van der Waals surface area contributed by atoms with E-state index in [4.69, 9.17) is 14.2 Å². The van der Waals surface area contributed by atoms with E-state index in [2.05, 4.69) is 32.9 Å². The highest BCUT2D eigenvalue weighted by Gasteiger charge is 2.19. The zero-order valence-corrected chi connectivity index (χ0v) is 34.8. The molecule has 0 aromatic heterocycles. The van der Waals surface area contributed by atoms with E-state index in [1.165, 1.54) is 141 Å². The zero-order chi connectivity index (χ0) is 38.0. The van der Waals surface area contributed by atoms with Crippen LogP contribution in [0.3, 0.4) is 0 Å². The third-order valence-electron chi connectivity index (χ3n) is 10.0. The van der Waals surface area contributed by atoms with Crippen molar-refractivity contribution in [3.63, 3.8) is 0 Å². The Hall–Kier alpha value is -1.85. The normalized spacial score (nSPS) is 12.0. The van der Waals surface area contributed by atoms with Crippen molar-refractivity contribution in [3.05, 3.63) is 12.2 Å². The molecule has 52 heavy (non-hydrogen) atoms. The first-order valence-corrected chi connectivity index (χ1v) is 22.7. The minimum atomic E-state index is -0.763. The second-order valence-corrected chi connectivity index (χ2v) is 15.3. The van der Waals surface area contributed by atoms with Gasteiger partial charge in [0.15, 0.2) is 6.10 Å². The fraction of sp³-hybridized carbons (Fsp3) is 0.891. The average Bonchev–Trinajstić information content (AvgIpc) is 3.14. The molecule has 1 atom stereocenters. The molecule has 0 aliphatic heterocycles. The van der Waals surface area contributed by atoms with Crippen LogP contribution in [0.25, 0.3) is 0 Å². The summed E-state index contributed by atoms with van der Waals surface area (Å²) < 4.78 is 16.6. The van der Waals surface area contributed by atoms with Crippen molar-refractivity contribution in [2.45, 2.75) is 252 Å². The Kier molecular flexibility index (Phi) is 40.4. The van der Waals surface area contributed by atoms with Crippen LogP contribution in [0.5, 0.6) is 0 Å². The number of carbonyl (C=O) groups is 3. The summed E-state index contributed by atoms with van der Waals surface area (Å²) in [5.41, 5.74) is 0. The molecule has 0 N–H and O–H groups in total. The van der Waals surface area contributed by atoms with Crippen LogP contribution < -0.4 is 0 Å². The molecule has 0 bridgehead atoms. The summed E-state index contributed by atoms with van der Waals surface area (Å²) in [6.45, 7) is 6.59. The van der Waals surface area contributed by atoms with Gasteiger partial charge in [-0.2, -0.15) is 0 Å². The smallest absolute Gasteiger partial charge is 0.306 e. The molecule has 0 aromatic rings. The minimum Gasteiger partial charge on any atom is -0.462 e. The molecule has 0 radical (unpaired) electrons. The Morgan fingerprint density at radius 2 is 0.635 bits per heavy atom. The van der Waals surface area contributed by atoms with Crippen LogP contribution in [-0.4, -0.2) is 37.2 Å². The maximum absolute atomic E-state index is 12.6. The van der Waals surface area contributed by atoms with Crippen LogP contribution in [-0.2, 0) is 28.6 Å². The van der Waals surface area contributed by atoms with Gasteiger partial charge in [0.2, 0.25) is 0 Å². The Balaban J connectivity index is 4.28. The van der Waals surface area contributed by atoms with Crippen molar-refractivity contribution in [3.8, 4) is 0 Å². The molecular formula is C46H86O6. The molecule has 0 rings (SSSR count). The summed E-state index contributed by atoms with van der Waals surface area (Å²) in [6.07, 6.45) is 43.4. The molecule has 0 spiro atoms. The first kappa shape index (κ1) is 50.1. The number of carbonyl (C=O) groups excluding carboxylic acids is 3. The number of hydrogen-bond acceptors (Lipinski definition) is 6. The molecule has 0 aliphatic carbocycles. The van der Waals surface area contributed by atoms with Gasteiger partial charge in [-0.25, -0.2) is 0 Å². The molecule has 6 nitrogen and oxygen atoms in total. The fourth-order valence-corrected chi connectivity index (χ4v) is 6.55. The first-order valence-electron chi connectivity index (χ1n) is 22.7. The zero-order valence-electron chi connectivity index (χ0n) is 34.8. The van der Waals surface area contributed by atoms with Gasteiger partial charge in [0.25, 0.3) is 0 Å². The summed E-state index contributed by atoms with van der Waals surface area (Å²) in [5.74, 6) is -0.876. The summed E-state index contributed by atoms with van der Waals surface area (Å²) in [6, 6.07) is 0. The van der Waals surface area contributed by atoms with Gasteiger partial charge < -0.3 is 14.2 Å². The molecule has 6 heteroatoms. The van der Waals surface area contributed by atoms with Gasteiger partial charge in [0.1, 0.15) is 13.2 Å². The number of esters is 3. The van der Waals surface area contributed by atoms with Gasteiger partial charge in [0.05, 0.1) is 0 Å². The molecule has 0 aromatic carbocycles. The first-order chi connectivity index (χ1) is 25.5.